The molecule has 142 valence electrons. The van der Waals surface area contributed by atoms with Crippen LogP contribution in [-0.2, 0) is 4.74 Å². The maximum atomic E-state index is 12.5. The van der Waals surface area contributed by atoms with Crippen molar-refractivity contribution in [1.29, 1.82) is 0 Å². The number of amides is 1. The van der Waals surface area contributed by atoms with E-state index in [9.17, 15) is 4.79 Å². The van der Waals surface area contributed by atoms with Crippen LogP contribution in [0.1, 0.15) is 34.0 Å². The van der Waals surface area contributed by atoms with Crippen molar-refractivity contribution >= 4 is 28.0 Å². The van der Waals surface area contributed by atoms with E-state index in [0.29, 0.717) is 5.56 Å². The molecule has 2 aromatic heterocycles. The first-order chi connectivity index (χ1) is 13.5. The van der Waals surface area contributed by atoms with E-state index in [0.717, 1.165) is 37.9 Å². The predicted molar refractivity (Wildman–Crippen MR) is 116 cm³/mol. The van der Waals surface area contributed by atoms with Gasteiger partial charge in [-0.25, -0.2) is 0 Å². The van der Waals surface area contributed by atoms with Gasteiger partial charge in [-0.2, -0.15) is 0 Å². The van der Waals surface area contributed by atoms with Crippen LogP contribution in [0.4, 0.5) is 5.00 Å². The van der Waals surface area contributed by atoms with E-state index in [1.54, 1.807) is 29.8 Å². The standard InChI is InChI=1S/C23H22N2O2S/c1-5-20(27-6-2)17-8-7-15(3)19(13-17)21-9-10-22(28-21)25-23(26)18-11-12-24-14-16(18)4/h5-14H,2H2,1,3-4H3,(H,25,26)/b20-5-. The molecule has 0 aliphatic rings. The molecular weight excluding hydrogens is 368 g/mol. The Morgan fingerprint density at radius 3 is 2.71 bits per heavy atom. The quantitative estimate of drug-likeness (QED) is 0.510. The summed E-state index contributed by atoms with van der Waals surface area (Å²) < 4.78 is 5.49. The van der Waals surface area contributed by atoms with Crippen LogP contribution in [0.2, 0.25) is 0 Å². The lowest BCUT2D eigenvalue weighted by Crippen LogP contribution is -2.12. The topological polar surface area (TPSA) is 51.2 Å². The Hall–Kier alpha value is -3.18. The SMILES string of the molecule is C=CO/C(=C\C)c1ccc(C)c(-c2ccc(NC(=O)c3ccncc3C)s2)c1. The first-order valence-corrected chi connectivity index (χ1v) is 9.72. The molecular formula is C23H22N2O2S. The van der Waals surface area contributed by atoms with Crippen molar-refractivity contribution < 1.29 is 9.53 Å². The van der Waals surface area contributed by atoms with Gasteiger partial charge in [0.2, 0.25) is 0 Å². The zero-order valence-electron chi connectivity index (χ0n) is 16.2. The number of benzene rings is 1. The van der Waals surface area contributed by atoms with Gasteiger partial charge in [0, 0.05) is 28.4 Å². The molecule has 1 aromatic carbocycles. The molecule has 3 rings (SSSR count). The maximum Gasteiger partial charge on any atom is 0.256 e. The van der Waals surface area contributed by atoms with E-state index in [1.165, 1.54) is 6.26 Å². The number of ether oxygens (including phenoxy) is 1. The summed E-state index contributed by atoms with van der Waals surface area (Å²) in [6.45, 7) is 9.50. The monoisotopic (exact) mass is 390 g/mol. The smallest absolute Gasteiger partial charge is 0.256 e. The second-order valence-electron chi connectivity index (χ2n) is 6.28. The molecule has 0 fully saturated rings. The third-order valence-electron chi connectivity index (χ3n) is 4.37. The number of carbonyl (C=O) groups is 1. The van der Waals surface area contributed by atoms with Gasteiger partial charge in [-0.3, -0.25) is 9.78 Å². The van der Waals surface area contributed by atoms with Gasteiger partial charge in [0.25, 0.3) is 5.91 Å². The number of aryl methyl sites for hydroxylation is 2. The van der Waals surface area contributed by atoms with Gasteiger partial charge in [-0.15, -0.1) is 11.3 Å². The Balaban J connectivity index is 1.87. The number of pyridine rings is 1. The highest BCUT2D eigenvalue weighted by atomic mass is 32.1. The van der Waals surface area contributed by atoms with Crippen molar-refractivity contribution in [2.75, 3.05) is 5.32 Å². The Morgan fingerprint density at radius 1 is 1.18 bits per heavy atom. The van der Waals surface area contributed by atoms with E-state index in [1.807, 2.05) is 38.1 Å². The van der Waals surface area contributed by atoms with Crippen molar-refractivity contribution in [1.82, 2.24) is 4.98 Å². The van der Waals surface area contributed by atoms with E-state index in [2.05, 4.69) is 35.9 Å². The fraction of sp³-hybridized carbons (Fsp3) is 0.130. The molecule has 0 aliphatic carbocycles. The molecule has 28 heavy (non-hydrogen) atoms. The third-order valence-corrected chi connectivity index (χ3v) is 5.40. The van der Waals surface area contributed by atoms with Crippen molar-refractivity contribution in [2.24, 2.45) is 0 Å². The van der Waals surface area contributed by atoms with Crippen LogP contribution in [0.15, 0.2) is 67.7 Å². The van der Waals surface area contributed by atoms with Crippen LogP contribution in [0.25, 0.3) is 16.2 Å². The number of carbonyl (C=O) groups excluding carboxylic acids is 1. The Kier molecular flexibility index (Phi) is 6.06. The molecule has 1 amide bonds. The molecule has 4 nitrogen and oxygen atoms in total. The molecule has 0 saturated carbocycles. The molecule has 0 aliphatic heterocycles. The first kappa shape index (κ1) is 19.6. The van der Waals surface area contributed by atoms with Crippen molar-refractivity contribution in [3.63, 3.8) is 0 Å². The number of aromatic nitrogens is 1. The summed E-state index contributed by atoms with van der Waals surface area (Å²) >= 11 is 1.54. The summed E-state index contributed by atoms with van der Waals surface area (Å²) in [5.74, 6) is 0.629. The summed E-state index contributed by atoms with van der Waals surface area (Å²) in [7, 11) is 0. The highest BCUT2D eigenvalue weighted by molar-refractivity contribution is 7.19. The average molecular weight is 391 g/mol. The van der Waals surface area contributed by atoms with Crippen LogP contribution in [0.3, 0.4) is 0 Å². The predicted octanol–water partition coefficient (Wildman–Crippen LogP) is 6.20. The molecule has 0 saturated heterocycles. The number of thiophene rings is 1. The number of hydrogen-bond donors (Lipinski definition) is 1. The number of hydrogen-bond acceptors (Lipinski definition) is 4. The van der Waals surface area contributed by atoms with Gasteiger partial charge in [-0.1, -0.05) is 18.7 Å². The lowest BCUT2D eigenvalue weighted by Gasteiger charge is -2.10. The van der Waals surface area contributed by atoms with Crippen LogP contribution in [-0.4, -0.2) is 10.9 Å². The molecule has 0 unspecified atom stereocenters. The fourth-order valence-electron chi connectivity index (χ4n) is 2.89. The van der Waals surface area contributed by atoms with E-state index < -0.39 is 0 Å². The molecule has 0 spiro atoms. The Labute approximate surface area is 169 Å². The summed E-state index contributed by atoms with van der Waals surface area (Å²) in [5.41, 5.74) is 4.72. The van der Waals surface area contributed by atoms with Crippen LogP contribution in [0, 0.1) is 13.8 Å². The normalized spacial score (nSPS) is 11.2. The lowest BCUT2D eigenvalue weighted by atomic mass is 10.0. The van der Waals surface area contributed by atoms with Gasteiger partial charge in [0.05, 0.1) is 11.3 Å². The highest BCUT2D eigenvalue weighted by Gasteiger charge is 2.13. The molecule has 2 heterocycles. The number of nitrogens with zero attached hydrogens (tertiary/aromatic N) is 1. The van der Waals surface area contributed by atoms with Crippen LogP contribution in [0.5, 0.6) is 0 Å². The van der Waals surface area contributed by atoms with Gasteiger partial charge in [0.15, 0.2) is 0 Å². The minimum atomic E-state index is -0.130. The fourth-order valence-corrected chi connectivity index (χ4v) is 3.87. The molecule has 0 atom stereocenters. The third kappa shape index (κ3) is 4.21. The molecule has 5 heteroatoms. The molecule has 0 bridgehead atoms. The number of rotatable bonds is 6. The minimum absolute atomic E-state index is 0.130. The summed E-state index contributed by atoms with van der Waals surface area (Å²) in [6.07, 6.45) is 6.65. The van der Waals surface area contributed by atoms with Gasteiger partial charge < -0.3 is 10.1 Å². The number of anilines is 1. The summed E-state index contributed by atoms with van der Waals surface area (Å²) in [6, 6.07) is 11.9. The molecule has 1 N–H and O–H groups in total. The van der Waals surface area contributed by atoms with Crippen molar-refractivity contribution in [3.8, 4) is 10.4 Å². The Bertz CT molecular complexity index is 1050. The van der Waals surface area contributed by atoms with Crippen molar-refractivity contribution in [2.45, 2.75) is 20.8 Å². The number of allylic oxidation sites excluding steroid dienone is 1. The summed E-state index contributed by atoms with van der Waals surface area (Å²) in [5, 5.41) is 3.78. The number of nitrogens with one attached hydrogen (secondary N) is 1. The second-order valence-corrected chi connectivity index (χ2v) is 7.36. The highest BCUT2D eigenvalue weighted by Crippen LogP contribution is 2.35. The second kappa shape index (κ2) is 8.67. The Morgan fingerprint density at radius 2 is 2.00 bits per heavy atom. The zero-order chi connectivity index (χ0) is 20.1. The van der Waals surface area contributed by atoms with E-state index >= 15 is 0 Å². The van der Waals surface area contributed by atoms with Gasteiger partial charge in [0.1, 0.15) is 5.76 Å². The van der Waals surface area contributed by atoms with Gasteiger partial charge >= 0.3 is 0 Å². The molecule has 3 aromatic rings. The summed E-state index contributed by atoms with van der Waals surface area (Å²) in [4.78, 5) is 17.6. The minimum Gasteiger partial charge on any atom is -0.465 e. The maximum absolute atomic E-state index is 12.5. The average Bonchev–Trinajstić information content (AvgIpc) is 3.15. The largest absolute Gasteiger partial charge is 0.465 e. The van der Waals surface area contributed by atoms with Crippen LogP contribution < -0.4 is 5.32 Å². The van der Waals surface area contributed by atoms with E-state index in [-0.39, 0.29) is 5.91 Å². The zero-order valence-corrected chi connectivity index (χ0v) is 17.0. The van der Waals surface area contributed by atoms with Crippen LogP contribution >= 0.6 is 11.3 Å². The first-order valence-electron chi connectivity index (χ1n) is 8.90. The van der Waals surface area contributed by atoms with E-state index in [4.69, 9.17) is 4.74 Å². The van der Waals surface area contributed by atoms with Gasteiger partial charge in [-0.05, 0) is 67.8 Å². The molecule has 0 radical (unpaired) electrons. The lowest BCUT2D eigenvalue weighted by molar-refractivity contribution is 0.102. The van der Waals surface area contributed by atoms with Crippen molar-refractivity contribution in [3.05, 3.63) is 90.0 Å².